The Morgan fingerprint density at radius 3 is 1.62 bits per heavy atom. The fraction of sp³-hybridized carbons (Fsp3) is 0.944. The first-order valence-electron chi connectivity index (χ1n) is 9.57. The van der Waals surface area contributed by atoms with Crippen molar-refractivity contribution in [3.63, 3.8) is 0 Å². The zero-order chi connectivity index (χ0) is 18.1. The lowest BCUT2D eigenvalue weighted by Gasteiger charge is -2.04. The summed E-state index contributed by atoms with van der Waals surface area (Å²) in [5.41, 5.74) is 0. The molecule has 0 bridgehead atoms. The van der Waals surface area contributed by atoms with Crippen molar-refractivity contribution in [3.8, 4) is 0 Å². The van der Waals surface area contributed by atoms with Gasteiger partial charge in [0.1, 0.15) is 5.75 Å². The van der Waals surface area contributed by atoms with Crippen LogP contribution in [0, 0.1) is 0 Å². The summed E-state index contributed by atoms with van der Waals surface area (Å²) in [7, 11) is -3.90. The van der Waals surface area contributed by atoms with E-state index in [1.807, 2.05) is 0 Å². The van der Waals surface area contributed by atoms with E-state index in [1.165, 1.54) is 64.2 Å². The Bertz CT molecular complexity index is 392. The molecule has 0 aromatic carbocycles. The zero-order valence-electron chi connectivity index (χ0n) is 15.3. The molecule has 0 spiro atoms. The topological polar surface area (TPSA) is 80.7 Å². The third-order valence-electron chi connectivity index (χ3n) is 4.05. The molecule has 0 aliphatic carbocycles. The average molecular weight is 365 g/mol. The van der Waals surface area contributed by atoms with Crippen LogP contribution in [-0.4, -0.2) is 31.9 Å². The molecule has 0 saturated heterocycles. The lowest BCUT2D eigenvalue weighted by atomic mass is 10.0. The minimum Gasteiger partial charge on any atom is -0.395 e. The van der Waals surface area contributed by atoms with E-state index in [0.29, 0.717) is 6.42 Å². The van der Waals surface area contributed by atoms with E-state index in [9.17, 15) is 13.2 Å². The summed E-state index contributed by atoms with van der Waals surface area (Å²) in [6.07, 6.45) is 15.9. The highest BCUT2D eigenvalue weighted by Crippen LogP contribution is 2.13. The van der Waals surface area contributed by atoms with Gasteiger partial charge in [-0.1, -0.05) is 84.0 Å². The second-order valence-corrected chi connectivity index (χ2v) is 8.12. The summed E-state index contributed by atoms with van der Waals surface area (Å²) in [6.45, 7) is 1.70. The van der Waals surface area contributed by atoms with Gasteiger partial charge in [0.05, 0.1) is 6.61 Å². The molecule has 0 aliphatic heterocycles. The van der Waals surface area contributed by atoms with Gasteiger partial charge in [-0.2, -0.15) is 8.42 Å². The Labute approximate surface area is 148 Å². The summed E-state index contributed by atoms with van der Waals surface area (Å²) in [5, 5.41) is 8.54. The Balaban J connectivity index is 3.32. The number of hydrogen-bond acceptors (Lipinski definition) is 5. The Kier molecular flexibility index (Phi) is 15.5. The van der Waals surface area contributed by atoms with Gasteiger partial charge in [0.15, 0.2) is 0 Å². The van der Waals surface area contributed by atoms with Crippen LogP contribution >= 0.6 is 0 Å². The maximum Gasteiger partial charge on any atom is 0.322 e. The molecule has 0 fully saturated rings. The summed E-state index contributed by atoms with van der Waals surface area (Å²) < 4.78 is 26.7. The predicted molar refractivity (Wildman–Crippen MR) is 97.3 cm³/mol. The lowest BCUT2D eigenvalue weighted by Crippen LogP contribution is -2.17. The maximum atomic E-state index is 11.4. The molecular weight excluding hydrogens is 328 g/mol. The number of carbonyl (C=O) groups is 1. The number of aliphatic hydroxyl groups is 1. The predicted octanol–water partition coefficient (Wildman–Crippen LogP) is 4.33. The molecule has 0 rings (SSSR count). The Morgan fingerprint density at radius 2 is 1.21 bits per heavy atom. The van der Waals surface area contributed by atoms with Crippen molar-refractivity contribution in [1.29, 1.82) is 0 Å². The van der Waals surface area contributed by atoms with Crippen LogP contribution in [0.4, 0.5) is 0 Å². The standard InChI is InChI=1S/C18H36O5S/c1-2-3-4-5-6-7-8-9-10-11-12-13-14-15-18(20)23-24(21,22)17-16-19/h19H,2-17H2,1H3. The van der Waals surface area contributed by atoms with E-state index in [0.717, 1.165) is 12.8 Å². The number of aliphatic hydroxyl groups excluding tert-OH is 1. The minimum atomic E-state index is -3.90. The van der Waals surface area contributed by atoms with Gasteiger partial charge in [-0.05, 0) is 6.42 Å². The summed E-state index contributed by atoms with van der Waals surface area (Å²) in [6, 6.07) is 0. The second kappa shape index (κ2) is 15.9. The molecule has 1 N–H and O–H groups in total. The monoisotopic (exact) mass is 364 g/mol. The van der Waals surface area contributed by atoms with Gasteiger partial charge in [-0.15, -0.1) is 0 Å². The molecule has 0 aromatic rings. The molecule has 0 radical (unpaired) electrons. The first-order chi connectivity index (χ1) is 11.5. The van der Waals surface area contributed by atoms with Crippen molar-refractivity contribution < 1.29 is 22.5 Å². The number of carbonyl (C=O) groups excluding carboxylic acids is 1. The third-order valence-corrected chi connectivity index (χ3v) is 5.17. The van der Waals surface area contributed by atoms with Gasteiger partial charge in [-0.3, -0.25) is 4.79 Å². The smallest absolute Gasteiger partial charge is 0.322 e. The van der Waals surface area contributed by atoms with E-state index < -0.39 is 28.4 Å². The van der Waals surface area contributed by atoms with Crippen LogP contribution in [0.5, 0.6) is 0 Å². The summed E-state index contributed by atoms with van der Waals surface area (Å²) >= 11 is 0. The number of unbranched alkanes of at least 4 members (excludes halogenated alkanes) is 12. The highest BCUT2D eigenvalue weighted by molar-refractivity contribution is 7.87. The quantitative estimate of drug-likeness (QED) is 0.307. The third kappa shape index (κ3) is 16.2. The van der Waals surface area contributed by atoms with Gasteiger partial charge in [0.25, 0.3) is 0 Å². The van der Waals surface area contributed by atoms with Crippen molar-refractivity contribution >= 4 is 16.1 Å². The lowest BCUT2D eigenvalue weighted by molar-refractivity contribution is -0.133. The van der Waals surface area contributed by atoms with Crippen molar-refractivity contribution in [2.45, 2.75) is 96.8 Å². The molecular formula is C18H36O5S. The highest BCUT2D eigenvalue weighted by Gasteiger charge is 2.15. The van der Waals surface area contributed by atoms with Crippen LogP contribution < -0.4 is 0 Å². The van der Waals surface area contributed by atoms with E-state index in [1.54, 1.807) is 0 Å². The van der Waals surface area contributed by atoms with Crippen LogP contribution in [-0.2, 0) is 19.1 Å². The van der Waals surface area contributed by atoms with E-state index in [4.69, 9.17) is 5.11 Å². The SMILES string of the molecule is CCCCCCCCCCCCCCCC(=O)OS(=O)(=O)CCO. The molecule has 0 heterocycles. The first kappa shape index (κ1) is 23.4. The Hall–Kier alpha value is -0.620. The first-order valence-corrected chi connectivity index (χ1v) is 11.2. The largest absolute Gasteiger partial charge is 0.395 e. The van der Waals surface area contributed by atoms with Crippen LogP contribution in [0.2, 0.25) is 0 Å². The van der Waals surface area contributed by atoms with Gasteiger partial charge in [0, 0.05) is 6.42 Å². The molecule has 144 valence electrons. The van der Waals surface area contributed by atoms with E-state index in [2.05, 4.69) is 11.1 Å². The summed E-state index contributed by atoms with van der Waals surface area (Å²) in [4.78, 5) is 11.4. The molecule has 24 heavy (non-hydrogen) atoms. The fourth-order valence-corrected chi connectivity index (χ4v) is 3.30. The van der Waals surface area contributed by atoms with Gasteiger partial charge in [-0.25, -0.2) is 0 Å². The molecule has 6 heteroatoms. The van der Waals surface area contributed by atoms with Crippen molar-refractivity contribution in [1.82, 2.24) is 0 Å². The van der Waals surface area contributed by atoms with Gasteiger partial charge in [0.2, 0.25) is 0 Å². The average Bonchev–Trinajstić information content (AvgIpc) is 2.51. The molecule has 0 saturated carbocycles. The van der Waals surface area contributed by atoms with Crippen LogP contribution in [0.1, 0.15) is 96.8 Å². The number of hydrogen-bond donors (Lipinski definition) is 1. The fourth-order valence-electron chi connectivity index (χ4n) is 2.62. The van der Waals surface area contributed by atoms with Crippen molar-refractivity contribution in [2.24, 2.45) is 0 Å². The Morgan fingerprint density at radius 1 is 0.792 bits per heavy atom. The van der Waals surface area contributed by atoms with Crippen molar-refractivity contribution in [2.75, 3.05) is 12.4 Å². The van der Waals surface area contributed by atoms with Gasteiger partial charge < -0.3 is 9.29 Å². The van der Waals surface area contributed by atoms with E-state index >= 15 is 0 Å². The van der Waals surface area contributed by atoms with E-state index in [-0.39, 0.29) is 6.42 Å². The van der Waals surface area contributed by atoms with Crippen LogP contribution in [0.3, 0.4) is 0 Å². The van der Waals surface area contributed by atoms with Crippen LogP contribution in [0.15, 0.2) is 0 Å². The second-order valence-electron chi connectivity index (χ2n) is 6.43. The van der Waals surface area contributed by atoms with Crippen molar-refractivity contribution in [3.05, 3.63) is 0 Å². The normalized spacial score (nSPS) is 11.6. The molecule has 0 unspecified atom stereocenters. The highest BCUT2D eigenvalue weighted by atomic mass is 32.2. The number of rotatable bonds is 17. The molecule has 0 aliphatic rings. The molecule has 5 nitrogen and oxygen atoms in total. The zero-order valence-corrected chi connectivity index (χ0v) is 16.1. The van der Waals surface area contributed by atoms with Gasteiger partial charge >= 0.3 is 16.1 Å². The molecule has 0 atom stereocenters. The molecule has 0 aromatic heterocycles. The summed E-state index contributed by atoms with van der Waals surface area (Å²) in [5.74, 6) is -1.25. The maximum absolute atomic E-state index is 11.4. The molecule has 0 amide bonds. The minimum absolute atomic E-state index is 0.127. The van der Waals surface area contributed by atoms with Crippen LogP contribution in [0.25, 0.3) is 0 Å².